The Hall–Kier alpha value is -4.99. The number of phenols is 4. The first-order chi connectivity index (χ1) is 16.6. The highest BCUT2D eigenvalue weighted by Crippen LogP contribution is 2.54. The SMILES string of the molecule is CC1=CC(=O)C2(O1)C(c1cc3oc(=O)c4cc(O)c(O)cc4c3c(=O)o1)=Cc1cc(O)c(O)cc12. The molecule has 3 heterocycles. The van der Waals surface area contributed by atoms with Crippen molar-refractivity contribution in [2.45, 2.75) is 12.5 Å². The summed E-state index contributed by atoms with van der Waals surface area (Å²) in [7, 11) is 0. The summed E-state index contributed by atoms with van der Waals surface area (Å²) in [6, 6.07) is 5.71. The first-order valence-electron chi connectivity index (χ1n) is 10.3. The highest BCUT2D eigenvalue weighted by atomic mass is 16.5. The van der Waals surface area contributed by atoms with Crippen LogP contribution in [0, 0.1) is 0 Å². The molecule has 1 unspecified atom stereocenters. The van der Waals surface area contributed by atoms with Gasteiger partial charge in [-0.1, -0.05) is 0 Å². The third kappa shape index (κ3) is 2.61. The van der Waals surface area contributed by atoms with Crippen LogP contribution in [-0.2, 0) is 15.1 Å². The van der Waals surface area contributed by atoms with Gasteiger partial charge in [0.05, 0.1) is 16.7 Å². The molecular weight excluding hydrogens is 460 g/mol. The number of carbonyl (C=O) groups excluding carboxylic acids is 1. The summed E-state index contributed by atoms with van der Waals surface area (Å²) in [4.78, 5) is 38.8. The van der Waals surface area contributed by atoms with E-state index in [0.29, 0.717) is 5.56 Å². The van der Waals surface area contributed by atoms with Crippen molar-refractivity contribution in [2.75, 3.05) is 0 Å². The Morgan fingerprint density at radius 1 is 0.743 bits per heavy atom. The van der Waals surface area contributed by atoms with E-state index in [2.05, 4.69) is 0 Å². The Bertz CT molecular complexity index is 1840. The van der Waals surface area contributed by atoms with Gasteiger partial charge in [-0.15, -0.1) is 0 Å². The smallest absolute Gasteiger partial charge is 0.348 e. The molecule has 4 N–H and O–H groups in total. The minimum Gasteiger partial charge on any atom is -0.504 e. The van der Waals surface area contributed by atoms with Crippen molar-refractivity contribution in [2.24, 2.45) is 0 Å². The molecule has 1 atom stereocenters. The van der Waals surface area contributed by atoms with E-state index in [-0.39, 0.29) is 44.4 Å². The zero-order valence-electron chi connectivity index (χ0n) is 17.8. The molecule has 1 aliphatic heterocycles. The molecule has 2 aromatic carbocycles. The van der Waals surface area contributed by atoms with Gasteiger partial charge in [-0.05, 0) is 42.8 Å². The highest BCUT2D eigenvalue weighted by molar-refractivity contribution is 6.15. The van der Waals surface area contributed by atoms with E-state index in [9.17, 15) is 34.8 Å². The fraction of sp³-hybridized carbons (Fsp3) is 0.0800. The maximum absolute atomic E-state index is 13.2. The first kappa shape index (κ1) is 20.6. The molecule has 0 bridgehead atoms. The summed E-state index contributed by atoms with van der Waals surface area (Å²) in [5.74, 6) is -2.39. The first-order valence-corrected chi connectivity index (χ1v) is 10.3. The van der Waals surface area contributed by atoms with E-state index in [1.165, 1.54) is 30.4 Å². The molecule has 1 spiro atoms. The molecule has 10 heteroatoms. The van der Waals surface area contributed by atoms with E-state index in [1.807, 2.05) is 0 Å². The molecule has 0 fully saturated rings. The van der Waals surface area contributed by atoms with Crippen molar-refractivity contribution in [1.82, 2.24) is 0 Å². The predicted molar refractivity (Wildman–Crippen MR) is 121 cm³/mol. The van der Waals surface area contributed by atoms with Gasteiger partial charge in [0.15, 0.2) is 23.0 Å². The van der Waals surface area contributed by atoms with Crippen LogP contribution >= 0.6 is 0 Å². The van der Waals surface area contributed by atoms with Gasteiger partial charge in [-0.25, -0.2) is 9.59 Å². The topological polar surface area (TPSA) is 168 Å². The van der Waals surface area contributed by atoms with Gasteiger partial charge in [0.25, 0.3) is 0 Å². The van der Waals surface area contributed by atoms with E-state index >= 15 is 0 Å². The molecule has 174 valence electrons. The van der Waals surface area contributed by atoms with Crippen LogP contribution in [0.3, 0.4) is 0 Å². The van der Waals surface area contributed by atoms with Crippen LogP contribution in [0.2, 0.25) is 0 Å². The lowest BCUT2D eigenvalue weighted by molar-refractivity contribution is -0.125. The van der Waals surface area contributed by atoms with Gasteiger partial charge in [0, 0.05) is 23.1 Å². The highest BCUT2D eigenvalue weighted by Gasteiger charge is 2.54. The maximum atomic E-state index is 13.2. The predicted octanol–water partition coefficient (Wildman–Crippen LogP) is 2.97. The molecule has 10 nitrogen and oxygen atoms in total. The second-order valence-electron chi connectivity index (χ2n) is 8.30. The van der Waals surface area contributed by atoms with Crippen molar-refractivity contribution >= 4 is 39.2 Å². The number of hydrogen-bond donors (Lipinski definition) is 4. The second kappa shape index (κ2) is 6.54. The van der Waals surface area contributed by atoms with Crippen LogP contribution in [-0.4, -0.2) is 26.2 Å². The van der Waals surface area contributed by atoms with E-state index in [4.69, 9.17) is 13.6 Å². The normalized spacial score (nSPS) is 18.7. The fourth-order valence-corrected chi connectivity index (χ4v) is 4.68. The van der Waals surface area contributed by atoms with E-state index < -0.39 is 45.6 Å². The van der Waals surface area contributed by atoms with Gasteiger partial charge < -0.3 is 34.0 Å². The Kier molecular flexibility index (Phi) is 3.85. The lowest BCUT2D eigenvalue weighted by Crippen LogP contribution is -2.33. The number of rotatable bonds is 1. The quantitative estimate of drug-likeness (QED) is 0.238. The van der Waals surface area contributed by atoms with Crippen LogP contribution in [0.25, 0.3) is 33.4 Å². The number of ether oxygens (including phenoxy) is 1. The third-order valence-electron chi connectivity index (χ3n) is 6.19. The molecule has 4 aromatic rings. The summed E-state index contributed by atoms with van der Waals surface area (Å²) in [5.41, 5.74) is -3.14. The molecular formula is C25H14O10. The van der Waals surface area contributed by atoms with Crippen LogP contribution in [0.1, 0.15) is 23.8 Å². The molecule has 0 radical (unpaired) electrons. The average molecular weight is 474 g/mol. The Balaban J connectivity index is 1.65. The van der Waals surface area contributed by atoms with Crippen molar-refractivity contribution < 1.29 is 38.8 Å². The minimum atomic E-state index is -1.80. The third-order valence-corrected chi connectivity index (χ3v) is 6.19. The minimum absolute atomic E-state index is 0.00537. The Morgan fingerprint density at radius 3 is 2.09 bits per heavy atom. The number of allylic oxidation sites excluding steroid dienone is 1. The molecule has 6 rings (SSSR count). The van der Waals surface area contributed by atoms with Crippen LogP contribution in [0.4, 0.5) is 0 Å². The molecule has 0 amide bonds. The standard InChI is InChI=1S/C25H14O10/c1-9-2-21(30)25(35-9)13-7-18(29)15(26)4-10(13)3-14(25)19-8-20-22(24(32)33-19)11-5-16(27)17(28)6-12(11)23(31)34-20/h2-8,26-29H,1H3. The van der Waals surface area contributed by atoms with Crippen LogP contribution in [0.5, 0.6) is 23.0 Å². The summed E-state index contributed by atoms with van der Waals surface area (Å²) < 4.78 is 16.8. The van der Waals surface area contributed by atoms with Gasteiger partial charge in [-0.2, -0.15) is 0 Å². The number of carbonyl (C=O) groups is 1. The number of benzene rings is 2. The molecule has 2 aliphatic rings. The van der Waals surface area contributed by atoms with Gasteiger partial charge in [-0.3, -0.25) is 4.79 Å². The molecule has 35 heavy (non-hydrogen) atoms. The lowest BCUT2D eigenvalue weighted by atomic mass is 9.85. The summed E-state index contributed by atoms with van der Waals surface area (Å²) in [5, 5.41) is 39.4. The second-order valence-corrected chi connectivity index (χ2v) is 8.30. The largest absolute Gasteiger partial charge is 0.504 e. The van der Waals surface area contributed by atoms with Crippen molar-refractivity contribution in [3.8, 4) is 23.0 Å². The summed E-state index contributed by atoms with van der Waals surface area (Å²) >= 11 is 0. The van der Waals surface area contributed by atoms with Crippen molar-refractivity contribution in [3.63, 3.8) is 0 Å². The lowest BCUT2D eigenvalue weighted by Gasteiger charge is -2.27. The van der Waals surface area contributed by atoms with E-state index in [0.717, 1.165) is 12.1 Å². The number of phenolic OH excluding ortho intramolecular Hbond substituents is 4. The Morgan fingerprint density at radius 2 is 1.40 bits per heavy atom. The van der Waals surface area contributed by atoms with Crippen LogP contribution < -0.4 is 11.3 Å². The monoisotopic (exact) mass is 474 g/mol. The molecule has 0 saturated heterocycles. The number of ketones is 1. The zero-order chi connectivity index (χ0) is 24.8. The fourth-order valence-electron chi connectivity index (χ4n) is 4.68. The van der Waals surface area contributed by atoms with Gasteiger partial charge >= 0.3 is 11.3 Å². The summed E-state index contributed by atoms with van der Waals surface area (Å²) in [6.07, 6.45) is 2.72. The number of hydrogen-bond acceptors (Lipinski definition) is 10. The Labute approximate surface area is 193 Å². The van der Waals surface area contributed by atoms with Gasteiger partial charge in [0.1, 0.15) is 16.7 Å². The zero-order valence-corrected chi connectivity index (χ0v) is 17.8. The molecule has 1 aliphatic carbocycles. The van der Waals surface area contributed by atoms with Crippen LogP contribution in [0.15, 0.2) is 60.6 Å². The van der Waals surface area contributed by atoms with Crippen molar-refractivity contribution in [1.29, 1.82) is 0 Å². The van der Waals surface area contributed by atoms with E-state index in [1.54, 1.807) is 6.92 Å². The average Bonchev–Trinajstić information content (AvgIpc) is 3.25. The molecule has 0 saturated carbocycles. The molecule has 2 aromatic heterocycles. The van der Waals surface area contributed by atoms with Crippen molar-refractivity contribution in [3.05, 3.63) is 79.9 Å². The van der Waals surface area contributed by atoms with Gasteiger partial charge in [0.2, 0.25) is 11.4 Å². The number of fused-ring (bicyclic) bond motifs is 5. The summed E-state index contributed by atoms with van der Waals surface area (Å²) in [6.45, 7) is 1.56. The number of aromatic hydroxyl groups is 4. The maximum Gasteiger partial charge on any atom is 0.348 e.